The number of nitrogens with one attached hydrogen (secondary N) is 2. The summed E-state index contributed by atoms with van der Waals surface area (Å²) >= 11 is 0. The number of nitrogens with zero attached hydrogens (tertiary/aromatic N) is 3. The molecule has 0 bridgehead atoms. The summed E-state index contributed by atoms with van der Waals surface area (Å²) in [6.45, 7) is 10.6. The van der Waals surface area contributed by atoms with Crippen molar-refractivity contribution in [1.82, 2.24) is 20.4 Å². The Bertz CT molecular complexity index is 735. The van der Waals surface area contributed by atoms with Gasteiger partial charge in [-0.15, -0.1) is 0 Å². The van der Waals surface area contributed by atoms with Crippen molar-refractivity contribution in [2.75, 3.05) is 26.8 Å². The van der Waals surface area contributed by atoms with Crippen LogP contribution >= 0.6 is 0 Å². The first-order valence-corrected chi connectivity index (χ1v) is 9.19. The van der Waals surface area contributed by atoms with Crippen molar-refractivity contribution in [2.24, 2.45) is 4.99 Å². The third kappa shape index (κ3) is 5.58. The second kappa shape index (κ2) is 9.57. The smallest absolute Gasteiger partial charge is 0.191 e. The predicted molar refractivity (Wildman–Crippen MR) is 105 cm³/mol. The minimum Gasteiger partial charge on any atom is -0.466 e. The van der Waals surface area contributed by atoms with E-state index in [0.717, 1.165) is 30.0 Å². The lowest BCUT2D eigenvalue weighted by molar-refractivity contribution is 0.0386. The van der Waals surface area contributed by atoms with E-state index in [1.807, 2.05) is 25.5 Å². The van der Waals surface area contributed by atoms with Crippen molar-refractivity contribution in [3.8, 4) is 0 Å². The fourth-order valence-electron chi connectivity index (χ4n) is 2.79. The Kier molecular flexibility index (Phi) is 7.44. The summed E-state index contributed by atoms with van der Waals surface area (Å²) < 4.78 is 12.4. The molecule has 150 valence electrons. The zero-order valence-corrected chi connectivity index (χ0v) is 16.9. The van der Waals surface area contributed by atoms with E-state index < -0.39 is 5.60 Å². The molecule has 2 aromatic rings. The van der Waals surface area contributed by atoms with Gasteiger partial charge in [0.2, 0.25) is 0 Å². The molecule has 1 atom stereocenters. The molecule has 0 amide bonds. The number of methoxy groups -OCH3 is 1. The molecule has 2 heterocycles. The van der Waals surface area contributed by atoms with Crippen LogP contribution in [0, 0.1) is 13.8 Å². The Morgan fingerprint density at radius 3 is 2.81 bits per heavy atom. The fraction of sp³-hybridized carbons (Fsp3) is 0.579. The van der Waals surface area contributed by atoms with Crippen molar-refractivity contribution < 1.29 is 14.3 Å². The molecule has 0 spiro atoms. The molecule has 0 aromatic carbocycles. The molecule has 0 fully saturated rings. The maximum Gasteiger partial charge on any atom is 0.191 e. The van der Waals surface area contributed by atoms with Crippen LogP contribution in [0.5, 0.6) is 0 Å². The van der Waals surface area contributed by atoms with Crippen molar-refractivity contribution in [1.29, 1.82) is 0 Å². The first-order valence-electron chi connectivity index (χ1n) is 9.19. The minimum absolute atomic E-state index is 0.275. The number of aryl methyl sites for hydroxylation is 1. The fourth-order valence-corrected chi connectivity index (χ4v) is 2.79. The van der Waals surface area contributed by atoms with Crippen molar-refractivity contribution in [2.45, 2.75) is 46.4 Å². The molecule has 8 nitrogen and oxygen atoms in total. The third-order valence-electron chi connectivity index (χ3n) is 4.43. The number of aliphatic imine (C=N–C) groups is 1. The van der Waals surface area contributed by atoms with Crippen LogP contribution in [-0.4, -0.2) is 47.7 Å². The molecule has 3 N–H and O–H groups in total. The standard InChI is InChI=1S/C19H31N5O3/c1-6-20-18(22-13-19(4,25)17-8-7-10-27-17)21-12-16-14(2)23-24(15(16)3)9-11-26-5/h7-8,10,25H,6,9,11-13H2,1-5H3,(H2,20,21,22). The van der Waals surface area contributed by atoms with E-state index in [9.17, 15) is 5.11 Å². The molecule has 27 heavy (non-hydrogen) atoms. The lowest BCUT2D eigenvalue weighted by Gasteiger charge is -2.22. The Hall–Kier alpha value is -2.32. The van der Waals surface area contributed by atoms with Crippen LogP contribution < -0.4 is 10.6 Å². The molecular formula is C19H31N5O3. The molecule has 0 radical (unpaired) electrons. The maximum absolute atomic E-state index is 10.6. The van der Waals surface area contributed by atoms with E-state index in [-0.39, 0.29) is 6.54 Å². The number of ether oxygens (including phenoxy) is 1. The minimum atomic E-state index is -1.13. The normalized spacial score (nSPS) is 14.2. The number of aliphatic hydroxyl groups is 1. The topological polar surface area (TPSA) is 96.8 Å². The summed E-state index contributed by atoms with van der Waals surface area (Å²) in [7, 11) is 1.68. The van der Waals surface area contributed by atoms with E-state index in [0.29, 0.717) is 24.9 Å². The molecule has 0 aliphatic rings. The van der Waals surface area contributed by atoms with Crippen LogP contribution in [0.3, 0.4) is 0 Å². The first kappa shape index (κ1) is 21.0. The molecule has 0 aliphatic heterocycles. The summed E-state index contributed by atoms with van der Waals surface area (Å²) in [5.41, 5.74) is 2.02. The summed E-state index contributed by atoms with van der Waals surface area (Å²) in [6.07, 6.45) is 1.55. The second-order valence-electron chi connectivity index (χ2n) is 6.67. The van der Waals surface area contributed by atoms with E-state index in [1.54, 1.807) is 32.4 Å². The van der Waals surface area contributed by atoms with Crippen LogP contribution in [0.25, 0.3) is 0 Å². The van der Waals surface area contributed by atoms with Gasteiger partial charge in [0, 0.05) is 24.9 Å². The number of furan rings is 1. The van der Waals surface area contributed by atoms with Gasteiger partial charge in [-0.05, 0) is 39.8 Å². The van der Waals surface area contributed by atoms with Crippen molar-refractivity contribution in [3.05, 3.63) is 41.1 Å². The Labute approximate surface area is 160 Å². The van der Waals surface area contributed by atoms with Crippen LogP contribution in [0.2, 0.25) is 0 Å². The van der Waals surface area contributed by atoms with E-state index in [4.69, 9.17) is 9.15 Å². The number of hydrogen-bond donors (Lipinski definition) is 3. The molecular weight excluding hydrogens is 346 g/mol. The maximum atomic E-state index is 10.6. The number of hydrogen-bond acceptors (Lipinski definition) is 5. The van der Waals surface area contributed by atoms with Gasteiger partial charge in [-0.25, -0.2) is 4.99 Å². The van der Waals surface area contributed by atoms with Gasteiger partial charge in [0.25, 0.3) is 0 Å². The molecule has 1 unspecified atom stereocenters. The van der Waals surface area contributed by atoms with Gasteiger partial charge in [-0.3, -0.25) is 4.68 Å². The van der Waals surface area contributed by atoms with Crippen molar-refractivity contribution >= 4 is 5.96 Å². The zero-order chi connectivity index (χ0) is 19.9. The molecule has 0 aliphatic carbocycles. The Morgan fingerprint density at radius 1 is 1.41 bits per heavy atom. The molecule has 0 saturated heterocycles. The Balaban J connectivity index is 2.06. The highest BCUT2D eigenvalue weighted by atomic mass is 16.5. The average Bonchev–Trinajstić information content (AvgIpc) is 3.26. The molecule has 2 aromatic heterocycles. The lowest BCUT2D eigenvalue weighted by Crippen LogP contribution is -2.44. The van der Waals surface area contributed by atoms with Gasteiger partial charge < -0.3 is 24.9 Å². The third-order valence-corrected chi connectivity index (χ3v) is 4.43. The van der Waals surface area contributed by atoms with E-state index in [2.05, 4.69) is 20.7 Å². The lowest BCUT2D eigenvalue weighted by atomic mass is 10.0. The van der Waals surface area contributed by atoms with Crippen LogP contribution in [0.4, 0.5) is 0 Å². The highest BCUT2D eigenvalue weighted by Crippen LogP contribution is 2.19. The number of guanidine groups is 1. The first-order chi connectivity index (χ1) is 12.9. The SMILES string of the molecule is CCNC(=NCc1c(C)nn(CCOC)c1C)NCC(C)(O)c1ccco1. The quantitative estimate of drug-likeness (QED) is 0.455. The highest BCUT2D eigenvalue weighted by molar-refractivity contribution is 5.79. The van der Waals surface area contributed by atoms with Gasteiger partial charge >= 0.3 is 0 Å². The van der Waals surface area contributed by atoms with Crippen molar-refractivity contribution in [3.63, 3.8) is 0 Å². The second-order valence-corrected chi connectivity index (χ2v) is 6.67. The van der Waals surface area contributed by atoms with Crippen LogP contribution in [0.1, 0.15) is 36.6 Å². The molecule has 0 saturated carbocycles. The number of rotatable bonds is 9. The predicted octanol–water partition coefficient (Wildman–Crippen LogP) is 1.70. The van der Waals surface area contributed by atoms with Gasteiger partial charge in [0.05, 0.1) is 38.2 Å². The molecule has 8 heteroatoms. The van der Waals surface area contributed by atoms with E-state index >= 15 is 0 Å². The molecule has 2 rings (SSSR count). The van der Waals surface area contributed by atoms with Crippen LogP contribution in [0.15, 0.2) is 27.8 Å². The highest BCUT2D eigenvalue weighted by Gasteiger charge is 2.26. The summed E-state index contributed by atoms with van der Waals surface area (Å²) in [4.78, 5) is 4.65. The van der Waals surface area contributed by atoms with E-state index in [1.165, 1.54) is 0 Å². The largest absolute Gasteiger partial charge is 0.466 e. The van der Waals surface area contributed by atoms with Crippen LogP contribution in [-0.2, 0) is 23.4 Å². The monoisotopic (exact) mass is 377 g/mol. The van der Waals surface area contributed by atoms with Gasteiger partial charge in [-0.2, -0.15) is 5.10 Å². The summed E-state index contributed by atoms with van der Waals surface area (Å²) in [5.74, 6) is 1.14. The average molecular weight is 377 g/mol. The van der Waals surface area contributed by atoms with Gasteiger partial charge in [0.15, 0.2) is 5.96 Å². The van der Waals surface area contributed by atoms with Gasteiger partial charge in [0.1, 0.15) is 11.4 Å². The summed E-state index contributed by atoms with van der Waals surface area (Å²) in [6, 6.07) is 3.52. The van der Waals surface area contributed by atoms with Gasteiger partial charge in [-0.1, -0.05) is 0 Å². The number of aromatic nitrogens is 2. The zero-order valence-electron chi connectivity index (χ0n) is 16.9. The summed E-state index contributed by atoms with van der Waals surface area (Å²) in [5, 5.41) is 21.5. The Morgan fingerprint density at radius 2 is 2.19 bits per heavy atom.